The summed E-state index contributed by atoms with van der Waals surface area (Å²) in [6, 6.07) is 9.70. The molecule has 2 aliphatic rings. The predicted octanol–water partition coefficient (Wildman–Crippen LogP) is 3.62. The first kappa shape index (κ1) is 23.6. The zero-order chi connectivity index (χ0) is 24.3. The third kappa shape index (κ3) is 5.51. The summed E-state index contributed by atoms with van der Waals surface area (Å²) < 4.78 is 60.4. The van der Waals surface area contributed by atoms with Gasteiger partial charge in [-0.05, 0) is 42.5 Å². The maximum Gasteiger partial charge on any atom is 0.416 e. The van der Waals surface area contributed by atoms with Gasteiger partial charge in [-0.1, -0.05) is 6.07 Å². The van der Waals surface area contributed by atoms with Crippen LogP contribution < -0.4 is 20.7 Å². The highest BCUT2D eigenvalue weighted by atomic mass is 19.4. The number of nitrogens with one attached hydrogen (secondary N) is 3. The van der Waals surface area contributed by atoms with Crippen LogP contribution in [0.2, 0.25) is 0 Å². The molecular formula is C22H22F3N3O6. The Balaban J connectivity index is 1.28. The molecule has 0 aliphatic carbocycles. The molecule has 2 heterocycles. The smallest absolute Gasteiger partial charge is 0.416 e. The predicted molar refractivity (Wildman–Crippen MR) is 114 cm³/mol. The molecule has 3 amide bonds. The van der Waals surface area contributed by atoms with Crippen molar-refractivity contribution >= 4 is 23.5 Å². The summed E-state index contributed by atoms with van der Waals surface area (Å²) in [6.45, 7) is 0.157. The molecule has 2 aliphatic heterocycles. The fourth-order valence-electron chi connectivity index (χ4n) is 3.76. The van der Waals surface area contributed by atoms with Crippen molar-refractivity contribution in [3.63, 3.8) is 0 Å². The SMILES string of the molecule is COc1ccc(NC(=O)O[C@H]2CO[C@@H]3[C@@H]2OC[C@@H]3NC(=O)Nc2cccc(C(F)(F)F)c2)cc1. The Morgan fingerprint density at radius 2 is 1.71 bits per heavy atom. The number of rotatable bonds is 5. The number of fused-ring (bicyclic) bond motifs is 1. The minimum absolute atomic E-state index is 0.00783. The lowest BCUT2D eigenvalue weighted by Crippen LogP contribution is -2.46. The van der Waals surface area contributed by atoms with Gasteiger partial charge in [0.2, 0.25) is 0 Å². The van der Waals surface area contributed by atoms with Gasteiger partial charge in [0.05, 0.1) is 31.9 Å². The lowest BCUT2D eigenvalue weighted by Gasteiger charge is -2.18. The zero-order valence-electron chi connectivity index (χ0n) is 17.9. The summed E-state index contributed by atoms with van der Waals surface area (Å²) in [6.07, 6.45) is -7.08. The van der Waals surface area contributed by atoms with Crippen molar-refractivity contribution in [2.45, 2.75) is 30.5 Å². The van der Waals surface area contributed by atoms with Crippen molar-refractivity contribution in [2.24, 2.45) is 0 Å². The highest BCUT2D eigenvalue weighted by Gasteiger charge is 2.50. The number of hydrogen-bond donors (Lipinski definition) is 3. The van der Waals surface area contributed by atoms with Crippen LogP contribution in [-0.4, -0.2) is 56.8 Å². The van der Waals surface area contributed by atoms with E-state index in [9.17, 15) is 22.8 Å². The van der Waals surface area contributed by atoms with Crippen LogP contribution >= 0.6 is 0 Å². The van der Waals surface area contributed by atoms with E-state index in [0.29, 0.717) is 11.4 Å². The van der Waals surface area contributed by atoms with Crippen LogP contribution in [-0.2, 0) is 20.4 Å². The Morgan fingerprint density at radius 3 is 2.41 bits per heavy atom. The van der Waals surface area contributed by atoms with E-state index in [0.717, 1.165) is 12.1 Å². The first-order valence-electron chi connectivity index (χ1n) is 10.3. The third-order valence-electron chi connectivity index (χ3n) is 5.37. The van der Waals surface area contributed by atoms with Gasteiger partial charge in [0.15, 0.2) is 6.10 Å². The Morgan fingerprint density at radius 1 is 0.971 bits per heavy atom. The van der Waals surface area contributed by atoms with E-state index < -0.39 is 48.2 Å². The van der Waals surface area contributed by atoms with Gasteiger partial charge in [0, 0.05) is 11.4 Å². The molecule has 182 valence electrons. The first-order chi connectivity index (χ1) is 16.2. The molecule has 4 rings (SSSR count). The molecule has 12 heteroatoms. The second kappa shape index (κ2) is 9.77. The largest absolute Gasteiger partial charge is 0.497 e. The molecule has 9 nitrogen and oxygen atoms in total. The minimum atomic E-state index is -4.52. The summed E-state index contributed by atoms with van der Waals surface area (Å²) in [5.41, 5.74) is -0.368. The maximum atomic E-state index is 12.9. The average Bonchev–Trinajstić information content (AvgIpc) is 3.37. The van der Waals surface area contributed by atoms with Crippen LogP contribution in [0, 0.1) is 0 Å². The number of benzene rings is 2. The van der Waals surface area contributed by atoms with Gasteiger partial charge in [-0.25, -0.2) is 9.59 Å². The number of ether oxygens (including phenoxy) is 4. The number of halogens is 3. The second-order valence-electron chi connectivity index (χ2n) is 7.68. The summed E-state index contributed by atoms with van der Waals surface area (Å²) in [4.78, 5) is 24.5. The maximum absolute atomic E-state index is 12.9. The van der Waals surface area contributed by atoms with Crippen molar-refractivity contribution < 1.29 is 41.7 Å². The van der Waals surface area contributed by atoms with Gasteiger partial charge in [-0.3, -0.25) is 5.32 Å². The lowest BCUT2D eigenvalue weighted by molar-refractivity contribution is -0.137. The molecule has 0 aromatic heterocycles. The quantitative estimate of drug-likeness (QED) is 0.602. The number of anilines is 2. The van der Waals surface area contributed by atoms with Crippen molar-refractivity contribution in [3.05, 3.63) is 54.1 Å². The van der Waals surface area contributed by atoms with Crippen molar-refractivity contribution in [2.75, 3.05) is 31.0 Å². The molecule has 3 N–H and O–H groups in total. The van der Waals surface area contributed by atoms with Gasteiger partial charge in [0.1, 0.15) is 18.0 Å². The number of alkyl halides is 3. The van der Waals surface area contributed by atoms with Crippen LogP contribution in [0.15, 0.2) is 48.5 Å². The molecular weight excluding hydrogens is 459 g/mol. The van der Waals surface area contributed by atoms with Gasteiger partial charge in [-0.15, -0.1) is 0 Å². The minimum Gasteiger partial charge on any atom is -0.497 e. The Bertz CT molecular complexity index is 1030. The van der Waals surface area contributed by atoms with E-state index in [2.05, 4.69) is 16.0 Å². The van der Waals surface area contributed by atoms with Gasteiger partial charge in [0.25, 0.3) is 0 Å². The Labute approximate surface area is 192 Å². The molecule has 2 aromatic carbocycles. The fourth-order valence-corrected chi connectivity index (χ4v) is 3.76. The van der Waals surface area contributed by atoms with Crippen LogP contribution in [0.1, 0.15) is 5.56 Å². The van der Waals surface area contributed by atoms with E-state index in [-0.39, 0.29) is 18.9 Å². The Hall–Kier alpha value is -3.51. The highest BCUT2D eigenvalue weighted by molar-refractivity contribution is 5.89. The summed E-state index contributed by atoms with van der Waals surface area (Å²) in [5, 5.41) is 7.61. The molecule has 0 radical (unpaired) electrons. The highest BCUT2D eigenvalue weighted by Crippen LogP contribution is 2.31. The van der Waals surface area contributed by atoms with Crippen LogP contribution in [0.5, 0.6) is 5.75 Å². The molecule has 0 saturated carbocycles. The van der Waals surface area contributed by atoms with E-state index in [1.54, 1.807) is 24.3 Å². The second-order valence-corrected chi connectivity index (χ2v) is 7.68. The molecule has 0 spiro atoms. The normalized spacial score (nSPS) is 23.6. The van der Waals surface area contributed by atoms with Gasteiger partial charge < -0.3 is 29.6 Å². The summed E-state index contributed by atoms with van der Waals surface area (Å²) >= 11 is 0. The fraction of sp³-hybridized carbons (Fsp3) is 0.364. The van der Waals surface area contributed by atoms with Crippen LogP contribution in [0.3, 0.4) is 0 Å². The summed E-state index contributed by atoms with van der Waals surface area (Å²) in [7, 11) is 1.53. The number of hydrogen-bond acceptors (Lipinski definition) is 6. The molecule has 0 unspecified atom stereocenters. The van der Waals surface area contributed by atoms with Crippen molar-refractivity contribution in [1.29, 1.82) is 0 Å². The monoisotopic (exact) mass is 481 g/mol. The van der Waals surface area contributed by atoms with Gasteiger partial charge >= 0.3 is 18.3 Å². The van der Waals surface area contributed by atoms with Gasteiger partial charge in [-0.2, -0.15) is 13.2 Å². The average molecular weight is 481 g/mol. The molecule has 2 fully saturated rings. The number of carbonyl (C=O) groups excluding carboxylic acids is 2. The lowest BCUT2D eigenvalue weighted by atomic mass is 10.1. The summed E-state index contributed by atoms with van der Waals surface area (Å²) in [5.74, 6) is 0.640. The number of urea groups is 1. The molecule has 0 bridgehead atoms. The topological polar surface area (TPSA) is 107 Å². The molecule has 2 saturated heterocycles. The van der Waals surface area contributed by atoms with E-state index >= 15 is 0 Å². The standard InChI is InChI=1S/C22H22F3N3O6/c1-31-15-7-5-13(6-8-15)27-21(30)34-17-11-33-18-16(10-32-19(17)18)28-20(29)26-14-4-2-3-12(9-14)22(23,24)25/h2-9,16-19H,10-11H2,1H3,(H,27,30)(H2,26,28,29)/t16-,17-,18-,19+/m0/s1. The molecule has 2 aromatic rings. The third-order valence-corrected chi connectivity index (χ3v) is 5.37. The number of methoxy groups -OCH3 is 1. The number of carbonyl (C=O) groups is 2. The Kier molecular flexibility index (Phi) is 6.80. The van der Waals surface area contributed by atoms with E-state index in [1.807, 2.05) is 0 Å². The zero-order valence-corrected chi connectivity index (χ0v) is 17.9. The van der Waals surface area contributed by atoms with Crippen LogP contribution in [0.25, 0.3) is 0 Å². The first-order valence-corrected chi connectivity index (χ1v) is 10.3. The molecule has 34 heavy (non-hydrogen) atoms. The van der Waals surface area contributed by atoms with Crippen LogP contribution in [0.4, 0.5) is 34.1 Å². The molecule has 4 atom stereocenters. The van der Waals surface area contributed by atoms with Crippen molar-refractivity contribution in [3.8, 4) is 5.75 Å². The van der Waals surface area contributed by atoms with E-state index in [4.69, 9.17) is 18.9 Å². The van der Waals surface area contributed by atoms with Crippen molar-refractivity contribution in [1.82, 2.24) is 5.32 Å². The van der Waals surface area contributed by atoms with E-state index in [1.165, 1.54) is 19.2 Å². The number of amides is 3.